The van der Waals surface area contributed by atoms with E-state index in [-0.39, 0.29) is 7.43 Å². The largest absolute Gasteiger partial charge is 0.292 e. The fourth-order valence-electron chi connectivity index (χ4n) is 7.71. The number of aromatic nitrogens is 4. The first-order valence-electron chi connectivity index (χ1n) is 22.0. The van der Waals surface area contributed by atoms with Crippen LogP contribution in [0.5, 0.6) is 0 Å². The van der Waals surface area contributed by atoms with Gasteiger partial charge in [0.25, 0.3) is 0 Å². The third kappa shape index (κ3) is 9.89. The molecule has 0 amide bonds. The molecular weight excluding hydrogens is 803 g/mol. The van der Waals surface area contributed by atoms with Crippen LogP contribution in [0.25, 0.3) is 67.3 Å². The van der Waals surface area contributed by atoms with E-state index in [0.29, 0.717) is 5.02 Å². The Hall–Kier alpha value is -7.15. The second-order valence-electron chi connectivity index (χ2n) is 15.5. The van der Waals surface area contributed by atoms with Crippen LogP contribution < -0.4 is 5.46 Å². The first kappa shape index (κ1) is 42.2. The van der Waals surface area contributed by atoms with Crippen molar-refractivity contribution in [1.29, 1.82) is 0 Å². The first-order valence-corrected chi connectivity index (χ1v) is 21.4. The minimum atomic E-state index is -0.731. The molecule has 7 heteroatoms. The van der Waals surface area contributed by atoms with Crippen molar-refractivity contribution >= 4 is 46.3 Å². The molecule has 8 aromatic carbocycles. The molecule has 0 atom stereocenters. The number of nitrogens with zero attached hydrogens (tertiary/aromatic N) is 4. The average molecular weight is 857 g/mol. The Kier molecular flexibility index (Phi) is 13.7. The van der Waals surface area contributed by atoms with Gasteiger partial charge in [0.05, 0.1) is 33.4 Å². The summed E-state index contributed by atoms with van der Waals surface area (Å²) in [5.41, 5.74) is 12.8. The molecule has 0 unspecified atom stereocenters. The van der Waals surface area contributed by atoms with Crippen molar-refractivity contribution in [2.45, 2.75) is 46.9 Å². The monoisotopic (exact) mass is 856 g/mol. The van der Waals surface area contributed by atoms with Gasteiger partial charge in [-0.15, -0.1) is 0 Å². The van der Waals surface area contributed by atoms with Crippen LogP contribution in [-0.2, 0) is 4.70 Å². The zero-order valence-electron chi connectivity index (χ0n) is 37.8. The summed E-state index contributed by atoms with van der Waals surface area (Å²) in [7, 11) is 0.833. The predicted octanol–water partition coefficient (Wildman–Crippen LogP) is 14.9. The Balaban J connectivity index is 0.000000168. The van der Waals surface area contributed by atoms with Crippen molar-refractivity contribution in [1.82, 2.24) is 19.1 Å². The Morgan fingerprint density at radius 2 is 0.859 bits per heavy atom. The van der Waals surface area contributed by atoms with Crippen LogP contribution in [0.15, 0.2) is 206 Å². The van der Waals surface area contributed by atoms with Gasteiger partial charge in [0.1, 0.15) is 11.6 Å². The molecule has 0 spiro atoms. The summed E-state index contributed by atoms with van der Waals surface area (Å²) < 4.78 is 31.6. The summed E-state index contributed by atoms with van der Waals surface area (Å²) in [6, 6.07) is 68.3. The summed E-state index contributed by atoms with van der Waals surface area (Å²) >= 11 is 6.20. The van der Waals surface area contributed by atoms with Gasteiger partial charge in [0.15, 0.2) is 0 Å². The third-order valence-electron chi connectivity index (χ3n) is 10.7. The topological polar surface area (TPSA) is 52.7 Å². The summed E-state index contributed by atoms with van der Waals surface area (Å²) in [5, 5.41) is 0.663. The maximum Gasteiger partial charge on any atom is 0.145 e. The van der Waals surface area contributed by atoms with Crippen LogP contribution in [0, 0.1) is 0 Å². The van der Waals surface area contributed by atoms with E-state index in [1.807, 2.05) is 161 Å². The number of benzene rings is 8. The Bertz CT molecular complexity index is 3200. The molecule has 10 aromatic rings. The molecule has 0 saturated carbocycles. The summed E-state index contributed by atoms with van der Waals surface area (Å²) in [6.07, 6.45) is 0. The molecule has 0 bridgehead atoms. The van der Waals surface area contributed by atoms with E-state index in [1.165, 1.54) is 5.56 Å². The molecule has 0 N–H and O–H groups in total. The normalized spacial score (nSPS) is 11.5. The number of halogens is 1. The fourth-order valence-corrected chi connectivity index (χ4v) is 7.87. The SMILES string of the molecule is C.O=Bc1ccccc1.[2H]C(C)(C)c1ccccc1-n1c(-c2ccccc2)nc2cc(-c3ccccc3)ccc21.[2H]C(C)(C)c1ccccc1-n1c(-c2ccccc2)nc2cc(Cl)ccc21. The van der Waals surface area contributed by atoms with E-state index in [9.17, 15) is 4.70 Å². The van der Waals surface area contributed by atoms with Gasteiger partial charge in [-0.3, -0.25) is 9.13 Å². The number of imidazole rings is 2. The molecule has 10 rings (SSSR count). The standard InChI is InChI=1S/C28H24N2.C22H19ClN2.C6H5BO.CH4/c1-20(2)24-15-9-10-16-26(24)30-27-18-17-23(21-11-5-3-6-12-21)19-25(27)29-28(30)22-13-7-4-8-14-22;1-15(2)18-10-6-7-11-20(18)25-21-13-12-17(23)14-19(21)24-22(25)16-8-4-3-5-9-16;8-7-6-4-2-1-3-5-6;/h3-20H,1-2H3;3-15H,1-2H3;1-5H;1H4/i20D;15D;;. The molecule has 0 saturated heterocycles. The third-order valence-corrected chi connectivity index (χ3v) is 11.0. The number of para-hydroxylation sites is 2. The van der Waals surface area contributed by atoms with E-state index < -0.39 is 11.8 Å². The van der Waals surface area contributed by atoms with Crippen molar-refractivity contribution in [3.8, 4) is 45.3 Å². The second kappa shape index (κ2) is 20.8. The molecule has 5 nitrogen and oxygen atoms in total. The van der Waals surface area contributed by atoms with Gasteiger partial charge in [-0.1, -0.05) is 180 Å². The van der Waals surface area contributed by atoms with E-state index in [1.54, 1.807) is 12.1 Å². The van der Waals surface area contributed by atoms with Crippen molar-refractivity contribution in [3.05, 3.63) is 222 Å². The minimum Gasteiger partial charge on any atom is -0.292 e. The van der Waals surface area contributed by atoms with Gasteiger partial charge in [0.2, 0.25) is 0 Å². The first-order chi connectivity index (χ1) is 31.4. The maximum atomic E-state index is 10.0. The van der Waals surface area contributed by atoms with Gasteiger partial charge >= 0.3 is 47.6 Å². The van der Waals surface area contributed by atoms with Crippen molar-refractivity contribution in [2.24, 2.45) is 0 Å². The maximum absolute atomic E-state index is 10.0. The number of hydrogen-bond acceptors (Lipinski definition) is 3. The summed E-state index contributed by atoms with van der Waals surface area (Å²) in [4.78, 5) is 9.93. The average Bonchev–Trinajstić information content (AvgIpc) is 3.91. The molecule has 316 valence electrons. The zero-order chi connectivity index (χ0) is 45.6. The van der Waals surface area contributed by atoms with Crippen molar-refractivity contribution in [2.75, 3.05) is 0 Å². The predicted molar refractivity (Wildman–Crippen MR) is 271 cm³/mol. The molecule has 0 aliphatic carbocycles. The Labute approximate surface area is 385 Å². The van der Waals surface area contributed by atoms with Crippen LogP contribution in [0.3, 0.4) is 0 Å². The van der Waals surface area contributed by atoms with E-state index >= 15 is 0 Å². The second-order valence-corrected chi connectivity index (χ2v) is 16.0. The number of rotatable bonds is 8. The van der Waals surface area contributed by atoms with E-state index in [0.717, 1.165) is 85.5 Å². The molecule has 64 heavy (non-hydrogen) atoms. The molecule has 0 aliphatic rings. The zero-order valence-corrected chi connectivity index (χ0v) is 36.5. The quantitative estimate of drug-likeness (QED) is 0.143. The molecule has 2 aromatic heterocycles. The van der Waals surface area contributed by atoms with Crippen LogP contribution >= 0.6 is 11.6 Å². The summed E-state index contributed by atoms with van der Waals surface area (Å²) in [6.45, 7) is 7.68. The Morgan fingerprint density at radius 3 is 1.30 bits per heavy atom. The van der Waals surface area contributed by atoms with Gasteiger partial charge in [-0.2, -0.15) is 0 Å². The summed E-state index contributed by atoms with van der Waals surface area (Å²) in [5.74, 6) is 0.274. The molecule has 0 radical (unpaired) electrons. The molecule has 0 aliphatic heterocycles. The van der Waals surface area contributed by atoms with Crippen molar-refractivity contribution < 1.29 is 7.45 Å². The van der Waals surface area contributed by atoms with Crippen LogP contribution in [0.2, 0.25) is 5.02 Å². The van der Waals surface area contributed by atoms with Crippen LogP contribution in [0.1, 0.15) is 60.8 Å². The smallest absolute Gasteiger partial charge is 0.145 e. The van der Waals surface area contributed by atoms with E-state index in [4.69, 9.17) is 24.3 Å². The van der Waals surface area contributed by atoms with Gasteiger partial charge < -0.3 is 0 Å². The molecular formula is C57H52BClN4O. The Morgan fingerprint density at radius 1 is 0.469 bits per heavy atom. The van der Waals surface area contributed by atoms with E-state index in [2.05, 4.69) is 69.8 Å². The molecule has 2 heterocycles. The fraction of sp³-hybridized carbons (Fsp3) is 0.123. The van der Waals surface area contributed by atoms with Crippen LogP contribution in [0.4, 0.5) is 0 Å². The van der Waals surface area contributed by atoms with Gasteiger partial charge in [0, 0.05) is 18.9 Å². The van der Waals surface area contributed by atoms with Gasteiger partial charge in [-0.05, 0) is 76.5 Å². The number of hydrogen-bond donors (Lipinski definition) is 0. The number of fused-ring (bicyclic) bond motifs is 2. The van der Waals surface area contributed by atoms with Crippen LogP contribution in [-0.4, -0.2) is 26.3 Å². The van der Waals surface area contributed by atoms with Gasteiger partial charge in [-0.25, -0.2) is 9.97 Å². The minimum absolute atomic E-state index is 0. The molecule has 0 fully saturated rings. The van der Waals surface area contributed by atoms with Crippen molar-refractivity contribution in [3.63, 3.8) is 0 Å².